The van der Waals surface area contributed by atoms with Crippen molar-refractivity contribution >= 4 is 12.6 Å². The molecule has 3 nitrogen and oxygen atoms in total. The monoisotopic (exact) mass is 287 g/mol. The molecule has 1 aromatic rings. The highest BCUT2D eigenvalue weighted by atomic mass is 19.4. The van der Waals surface area contributed by atoms with Gasteiger partial charge < -0.3 is 10.0 Å². The van der Waals surface area contributed by atoms with Gasteiger partial charge in [-0.25, -0.2) is 0 Å². The van der Waals surface area contributed by atoms with Crippen LogP contribution in [0.3, 0.4) is 0 Å². The van der Waals surface area contributed by atoms with Gasteiger partial charge >= 0.3 is 13.3 Å². The van der Waals surface area contributed by atoms with Crippen LogP contribution in [0.5, 0.6) is 0 Å². The fourth-order valence-electron chi connectivity index (χ4n) is 2.58. The Kier molecular flexibility index (Phi) is 4.72. The summed E-state index contributed by atoms with van der Waals surface area (Å²) in [5.74, 6) is -1.26. The molecule has 0 saturated carbocycles. The highest BCUT2D eigenvalue weighted by Crippen LogP contribution is 2.33. The second-order valence-electron chi connectivity index (χ2n) is 5.23. The standard InChI is InChI=1S/C13H17BF3NO2/c15-13(16,17)11-4-2-6-18(9-11)8-10-3-1-5-12(7-10)14(19)20/h1,3,5,7,11,19-20H,2,4,6,8-9H2. The summed E-state index contributed by atoms with van der Waals surface area (Å²) in [5, 5.41) is 18.2. The first-order valence-corrected chi connectivity index (χ1v) is 6.60. The largest absolute Gasteiger partial charge is 0.488 e. The highest BCUT2D eigenvalue weighted by Gasteiger charge is 2.41. The third-order valence-electron chi connectivity index (χ3n) is 3.62. The lowest BCUT2D eigenvalue weighted by Gasteiger charge is -2.33. The Morgan fingerprint density at radius 1 is 1.30 bits per heavy atom. The van der Waals surface area contributed by atoms with Crippen molar-refractivity contribution < 1.29 is 23.2 Å². The number of piperidine rings is 1. The Bertz CT molecular complexity index is 453. The van der Waals surface area contributed by atoms with Gasteiger partial charge in [0, 0.05) is 13.1 Å². The molecular formula is C13H17BF3NO2. The third-order valence-corrected chi connectivity index (χ3v) is 3.62. The maximum absolute atomic E-state index is 12.7. The highest BCUT2D eigenvalue weighted by molar-refractivity contribution is 6.58. The Labute approximate surface area is 116 Å². The number of alkyl halides is 3. The van der Waals surface area contributed by atoms with Crippen LogP contribution in [0.1, 0.15) is 18.4 Å². The first kappa shape index (κ1) is 15.3. The van der Waals surface area contributed by atoms with Gasteiger partial charge in [-0.2, -0.15) is 13.2 Å². The van der Waals surface area contributed by atoms with Gasteiger partial charge in [0.25, 0.3) is 0 Å². The molecule has 0 amide bonds. The van der Waals surface area contributed by atoms with Gasteiger partial charge in [-0.1, -0.05) is 24.3 Å². The second-order valence-corrected chi connectivity index (χ2v) is 5.23. The Hall–Kier alpha value is -1.05. The van der Waals surface area contributed by atoms with Crippen molar-refractivity contribution in [1.29, 1.82) is 0 Å². The van der Waals surface area contributed by atoms with Crippen LogP contribution in [0.4, 0.5) is 13.2 Å². The Balaban J connectivity index is 2.01. The SMILES string of the molecule is OB(O)c1cccc(CN2CCCC(C(F)(F)F)C2)c1. The maximum atomic E-state index is 12.7. The van der Waals surface area contributed by atoms with Crippen molar-refractivity contribution in [3.05, 3.63) is 29.8 Å². The fraction of sp³-hybridized carbons (Fsp3) is 0.538. The molecule has 110 valence electrons. The summed E-state index contributed by atoms with van der Waals surface area (Å²) in [7, 11) is -1.56. The van der Waals surface area contributed by atoms with Crippen LogP contribution in [0.2, 0.25) is 0 Å². The molecular weight excluding hydrogens is 270 g/mol. The molecule has 2 rings (SSSR count). The van der Waals surface area contributed by atoms with E-state index in [4.69, 9.17) is 10.0 Å². The lowest BCUT2D eigenvalue weighted by Crippen LogP contribution is -2.41. The minimum Gasteiger partial charge on any atom is -0.423 e. The summed E-state index contributed by atoms with van der Waals surface area (Å²) in [6, 6.07) is 6.64. The van der Waals surface area contributed by atoms with E-state index >= 15 is 0 Å². The molecule has 0 spiro atoms. The van der Waals surface area contributed by atoms with Crippen molar-refractivity contribution in [3.63, 3.8) is 0 Å². The van der Waals surface area contributed by atoms with E-state index in [0.717, 1.165) is 5.56 Å². The predicted molar refractivity (Wildman–Crippen MR) is 70.3 cm³/mol. The third kappa shape index (κ3) is 3.97. The predicted octanol–water partition coefficient (Wildman–Crippen LogP) is 1.14. The van der Waals surface area contributed by atoms with Gasteiger partial charge in [0.1, 0.15) is 0 Å². The summed E-state index contributed by atoms with van der Waals surface area (Å²) < 4.78 is 38.2. The van der Waals surface area contributed by atoms with Gasteiger partial charge in [-0.3, -0.25) is 4.90 Å². The van der Waals surface area contributed by atoms with Crippen LogP contribution in [-0.2, 0) is 6.54 Å². The number of halogens is 3. The number of rotatable bonds is 3. The Morgan fingerprint density at radius 2 is 2.05 bits per heavy atom. The van der Waals surface area contributed by atoms with Crippen LogP contribution in [0, 0.1) is 5.92 Å². The number of likely N-dealkylation sites (tertiary alicyclic amines) is 1. The Morgan fingerprint density at radius 3 is 2.70 bits per heavy atom. The summed E-state index contributed by atoms with van der Waals surface area (Å²) >= 11 is 0. The molecule has 0 aromatic heterocycles. The number of hydrogen-bond acceptors (Lipinski definition) is 3. The van der Waals surface area contributed by atoms with Gasteiger partial charge in [0.2, 0.25) is 0 Å². The zero-order valence-electron chi connectivity index (χ0n) is 11.0. The fourth-order valence-corrected chi connectivity index (χ4v) is 2.58. The second kappa shape index (κ2) is 6.16. The van der Waals surface area contributed by atoms with Gasteiger partial charge in [-0.05, 0) is 30.4 Å². The average molecular weight is 287 g/mol. The van der Waals surface area contributed by atoms with E-state index in [9.17, 15) is 13.2 Å². The van der Waals surface area contributed by atoms with Crippen LogP contribution < -0.4 is 5.46 Å². The van der Waals surface area contributed by atoms with Crippen molar-refractivity contribution in [2.75, 3.05) is 13.1 Å². The van der Waals surface area contributed by atoms with E-state index < -0.39 is 19.2 Å². The smallest absolute Gasteiger partial charge is 0.423 e. The number of benzene rings is 1. The quantitative estimate of drug-likeness (QED) is 0.819. The molecule has 0 aliphatic carbocycles. The van der Waals surface area contributed by atoms with E-state index in [1.165, 1.54) is 0 Å². The molecule has 1 heterocycles. The molecule has 1 unspecified atom stereocenters. The topological polar surface area (TPSA) is 43.7 Å². The molecule has 1 aliphatic heterocycles. The van der Waals surface area contributed by atoms with Gasteiger partial charge in [-0.15, -0.1) is 0 Å². The lowest BCUT2D eigenvalue weighted by molar-refractivity contribution is -0.187. The van der Waals surface area contributed by atoms with E-state index in [0.29, 0.717) is 25.0 Å². The molecule has 1 fully saturated rings. The molecule has 2 N–H and O–H groups in total. The van der Waals surface area contributed by atoms with Gasteiger partial charge in [0.05, 0.1) is 5.92 Å². The van der Waals surface area contributed by atoms with Crippen molar-refractivity contribution in [3.8, 4) is 0 Å². The molecule has 20 heavy (non-hydrogen) atoms. The summed E-state index contributed by atoms with van der Waals surface area (Å²) in [6.45, 7) is 1.04. The zero-order valence-corrected chi connectivity index (χ0v) is 11.0. The molecule has 1 aromatic carbocycles. The summed E-state index contributed by atoms with van der Waals surface area (Å²) in [5.41, 5.74) is 1.14. The zero-order chi connectivity index (χ0) is 14.8. The van der Waals surface area contributed by atoms with E-state index in [1.807, 2.05) is 0 Å². The van der Waals surface area contributed by atoms with E-state index in [2.05, 4.69) is 0 Å². The van der Waals surface area contributed by atoms with E-state index in [-0.39, 0.29) is 13.0 Å². The molecule has 0 radical (unpaired) electrons. The van der Waals surface area contributed by atoms with Crippen LogP contribution >= 0.6 is 0 Å². The molecule has 1 atom stereocenters. The molecule has 0 bridgehead atoms. The molecule has 1 aliphatic rings. The summed E-state index contributed by atoms with van der Waals surface area (Å²) in [4.78, 5) is 1.77. The average Bonchev–Trinajstić information content (AvgIpc) is 2.38. The minimum atomic E-state index is -4.14. The van der Waals surface area contributed by atoms with Crippen molar-refractivity contribution in [1.82, 2.24) is 4.90 Å². The molecule has 1 saturated heterocycles. The first-order valence-electron chi connectivity index (χ1n) is 6.60. The van der Waals surface area contributed by atoms with Crippen LogP contribution in [0.15, 0.2) is 24.3 Å². The number of nitrogens with zero attached hydrogens (tertiary/aromatic N) is 1. The first-order chi connectivity index (χ1) is 9.36. The van der Waals surface area contributed by atoms with E-state index in [1.54, 1.807) is 29.2 Å². The number of hydrogen-bond donors (Lipinski definition) is 2. The van der Waals surface area contributed by atoms with Crippen molar-refractivity contribution in [2.45, 2.75) is 25.6 Å². The molecule has 7 heteroatoms. The van der Waals surface area contributed by atoms with Crippen LogP contribution in [0.25, 0.3) is 0 Å². The maximum Gasteiger partial charge on any atom is 0.488 e. The summed E-state index contributed by atoms with van der Waals surface area (Å²) in [6.07, 6.45) is -3.41. The van der Waals surface area contributed by atoms with Crippen molar-refractivity contribution in [2.24, 2.45) is 5.92 Å². The normalized spacial score (nSPS) is 20.9. The van der Waals surface area contributed by atoms with Crippen LogP contribution in [-0.4, -0.2) is 41.3 Å². The lowest BCUT2D eigenvalue weighted by atomic mass is 9.79. The van der Waals surface area contributed by atoms with Gasteiger partial charge in [0.15, 0.2) is 0 Å². The minimum absolute atomic E-state index is 0.00933.